The second-order valence-electron chi connectivity index (χ2n) is 13.8. The number of ketones is 2. The van der Waals surface area contributed by atoms with Crippen LogP contribution in [0.5, 0.6) is 0 Å². The van der Waals surface area contributed by atoms with Crippen LogP contribution in [0.25, 0.3) is 0 Å². The predicted octanol–water partition coefficient (Wildman–Crippen LogP) is 7.83. The van der Waals surface area contributed by atoms with Gasteiger partial charge in [-0.15, -0.1) is 13.2 Å². The fraction of sp³-hybridized carbons (Fsp3) is 0.292. The Morgan fingerprint density at radius 1 is 0.530 bits per heavy atom. The van der Waals surface area contributed by atoms with Crippen molar-refractivity contribution in [2.45, 2.75) is 49.1 Å². The zero-order valence-electron chi connectivity index (χ0n) is 35.5. The van der Waals surface area contributed by atoms with Crippen molar-refractivity contribution in [1.82, 2.24) is 0 Å². The molecule has 4 atom stereocenters. The average molecular weight is 919 g/mol. The molecule has 0 aliphatic carbocycles. The number of hydrogen-bond acceptors (Lipinski definition) is 12. The molecule has 0 saturated carbocycles. The van der Waals surface area contributed by atoms with Crippen LogP contribution < -0.4 is 11.5 Å². The van der Waals surface area contributed by atoms with Crippen LogP contribution in [0.2, 0.25) is 0 Å². The number of benzene rings is 4. The molecular weight excluding hydrogens is 871 g/mol. The van der Waals surface area contributed by atoms with Crippen molar-refractivity contribution < 1.29 is 55.6 Å². The second kappa shape index (κ2) is 30.2. The maximum atomic E-state index is 12.4. The summed E-state index contributed by atoms with van der Waals surface area (Å²) < 4.78 is 83.9. The zero-order valence-corrected chi connectivity index (χ0v) is 35.5. The smallest absolute Gasteiger partial charge is 0.396 e. The van der Waals surface area contributed by atoms with Crippen molar-refractivity contribution in [3.05, 3.63) is 167 Å². The summed E-state index contributed by atoms with van der Waals surface area (Å²) in [6, 6.07) is 33.2. The summed E-state index contributed by atoms with van der Waals surface area (Å²) in [5.74, 6) is -5.29. The minimum atomic E-state index is -4.89. The number of nitriles is 4. The fourth-order valence-electron chi connectivity index (χ4n) is 5.28. The van der Waals surface area contributed by atoms with Crippen LogP contribution in [0.4, 0.5) is 26.3 Å². The Hall–Kier alpha value is -7.00. The fourth-order valence-corrected chi connectivity index (χ4v) is 5.28. The number of nitrogens with zero attached hydrogens (tertiary/aromatic N) is 4. The lowest BCUT2D eigenvalue weighted by molar-refractivity contribution is -0.171. The van der Waals surface area contributed by atoms with E-state index in [0.29, 0.717) is 46.6 Å². The molecule has 0 aliphatic heterocycles. The van der Waals surface area contributed by atoms with Crippen molar-refractivity contribution in [3.63, 3.8) is 0 Å². The third-order valence-corrected chi connectivity index (χ3v) is 8.96. The molecule has 0 spiro atoms. The Labute approximate surface area is 378 Å². The molecule has 0 radical (unpaired) electrons. The van der Waals surface area contributed by atoms with E-state index in [2.05, 4.69) is 19.2 Å². The van der Waals surface area contributed by atoms with Crippen molar-refractivity contribution >= 4 is 11.6 Å². The molecule has 0 aliphatic rings. The summed E-state index contributed by atoms with van der Waals surface area (Å²) in [6.07, 6.45) is -8.07. The van der Waals surface area contributed by atoms with Crippen molar-refractivity contribution in [1.29, 1.82) is 21.0 Å². The Kier molecular flexibility index (Phi) is 26.1. The van der Waals surface area contributed by atoms with E-state index in [1.165, 1.54) is 54.6 Å². The maximum absolute atomic E-state index is 12.4. The average Bonchev–Trinajstić information content (AvgIpc) is 3.32. The van der Waals surface area contributed by atoms with Crippen LogP contribution in [0.3, 0.4) is 0 Å². The standard InChI is InChI=1S/C15H14F3NO2.C12H10F3NO2.C12H14N2O.C9H10N2O/c1-2-7-21-10-13(8-14(20)15(16,17)18)12-5-3-11(9-19)4-6-12;13-12(14,15)11(18)5-10(7-17)9-3-1-8(6-16)2-4-9;1-2-7-15-9-12(14)11-5-3-10(8-13)4-6-11;10-5-7-1-3-8(4-2-7)9(11)6-12/h2-6,13H,1,7-8,10H2;1-4,10,17H,5,7H2;2-6,12H,1,7,9,14H2;1-4,9,12H,6,11H2/t13-;10-;12-;9-/m0000/s1. The molecular formula is C48H48F6N6O6. The molecule has 0 saturated heterocycles. The van der Waals surface area contributed by atoms with E-state index in [1.54, 1.807) is 42.5 Å². The van der Waals surface area contributed by atoms with E-state index in [0.717, 1.165) is 11.1 Å². The van der Waals surface area contributed by atoms with E-state index in [4.69, 9.17) is 52.2 Å². The Morgan fingerprint density at radius 3 is 1.14 bits per heavy atom. The Morgan fingerprint density at radius 2 is 0.833 bits per heavy atom. The van der Waals surface area contributed by atoms with Crippen LogP contribution in [-0.4, -0.2) is 73.8 Å². The first-order valence-corrected chi connectivity index (χ1v) is 19.6. The molecule has 6 N–H and O–H groups in total. The van der Waals surface area contributed by atoms with E-state index in [-0.39, 0.29) is 31.9 Å². The molecule has 0 heterocycles. The lowest BCUT2D eigenvalue weighted by atomic mass is 9.93. The molecule has 12 nitrogen and oxygen atoms in total. The summed E-state index contributed by atoms with van der Waals surface area (Å²) in [4.78, 5) is 22.0. The Bertz CT molecular complexity index is 2280. The highest BCUT2D eigenvalue weighted by Crippen LogP contribution is 2.28. The summed E-state index contributed by atoms with van der Waals surface area (Å²) in [7, 11) is 0. The van der Waals surface area contributed by atoms with Gasteiger partial charge in [-0.1, -0.05) is 60.7 Å². The van der Waals surface area contributed by atoms with Crippen molar-refractivity contribution in [2.75, 3.05) is 39.6 Å². The van der Waals surface area contributed by atoms with Crippen LogP contribution in [-0.2, 0) is 19.1 Å². The van der Waals surface area contributed by atoms with E-state index in [9.17, 15) is 35.9 Å². The molecule has 0 bridgehead atoms. The number of nitrogens with two attached hydrogens (primary N) is 2. The molecule has 4 aromatic rings. The lowest BCUT2D eigenvalue weighted by Gasteiger charge is -2.17. The highest BCUT2D eigenvalue weighted by atomic mass is 19.4. The number of Topliss-reactive ketones (excluding diaryl/α,β-unsaturated/α-hetero) is 2. The molecule has 18 heteroatoms. The van der Waals surface area contributed by atoms with Gasteiger partial charge < -0.3 is 31.2 Å². The van der Waals surface area contributed by atoms with E-state index >= 15 is 0 Å². The van der Waals surface area contributed by atoms with Crippen LogP contribution >= 0.6 is 0 Å². The van der Waals surface area contributed by atoms with Gasteiger partial charge in [-0.2, -0.15) is 47.4 Å². The van der Waals surface area contributed by atoms with Crippen molar-refractivity contribution in [3.8, 4) is 24.3 Å². The number of rotatable bonds is 18. The maximum Gasteiger partial charge on any atom is 0.449 e. The molecule has 0 aromatic heterocycles. The number of carbonyl (C=O) groups excluding carboxylic acids is 2. The minimum Gasteiger partial charge on any atom is -0.396 e. The number of halogens is 6. The Balaban J connectivity index is 0.000000448. The van der Waals surface area contributed by atoms with Gasteiger partial charge in [-0.25, -0.2) is 0 Å². The van der Waals surface area contributed by atoms with E-state index in [1.807, 2.05) is 30.3 Å². The first-order chi connectivity index (χ1) is 31.3. The van der Waals surface area contributed by atoms with Gasteiger partial charge in [0.1, 0.15) is 0 Å². The number of hydrogen-bond donors (Lipinski definition) is 4. The van der Waals surface area contributed by atoms with Crippen LogP contribution in [0.15, 0.2) is 122 Å². The number of ether oxygens (including phenoxy) is 2. The first kappa shape index (κ1) is 57.0. The third kappa shape index (κ3) is 21.6. The summed E-state index contributed by atoms with van der Waals surface area (Å²) in [5, 5.41) is 52.2. The topological polar surface area (TPSA) is 240 Å². The van der Waals surface area contributed by atoms with Gasteiger partial charge in [0.2, 0.25) is 11.6 Å². The summed E-state index contributed by atoms with van der Waals surface area (Å²) in [5.41, 5.74) is 16.2. The number of aliphatic hydroxyl groups excluding tert-OH is 2. The molecule has 0 fully saturated rings. The summed E-state index contributed by atoms with van der Waals surface area (Å²) >= 11 is 0. The lowest BCUT2D eigenvalue weighted by Crippen LogP contribution is -2.26. The molecule has 0 unspecified atom stereocenters. The normalized spacial score (nSPS) is 12.3. The molecule has 4 rings (SSSR count). The molecule has 66 heavy (non-hydrogen) atoms. The van der Waals surface area contributed by atoms with Gasteiger partial charge in [-0.05, 0) is 70.8 Å². The number of carbonyl (C=O) groups is 2. The van der Waals surface area contributed by atoms with Gasteiger partial charge >= 0.3 is 12.4 Å². The third-order valence-electron chi connectivity index (χ3n) is 8.96. The van der Waals surface area contributed by atoms with Gasteiger partial charge in [-0.3, -0.25) is 9.59 Å². The second-order valence-corrected chi connectivity index (χ2v) is 13.8. The minimum absolute atomic E-state index is 0.0280. The predicted molar refractivity (Wildman–Crippen MR) is 232 cm³/mol. The molecule has 4 aromatic carbocycles. The van der Waals surface area contributed by atoms with Crippen LogP contribution in [0.1, 0.15) is 81.3 Å². The monoisotopic (exact) mass is 918 g/mol. The number of alkyl halides is 6. The van der Waals surface area contributed by atoms with Crippen molar-refractivity contribution in [2.24, 2.45) is 11.5 Å². The highest BCUT2D eigenvalue weighted by molar-refractivity contribution is 5.85. The van der Waals surface area contributed by atoms with E-state index < -0.39 is 55.2 Å². The summed E-state index contributed by atoms with van der Waals surface area (Å²) in [6.45, 7) is 7.48. The largest absolute Gasteiger partial charge is 0.449 e. The molecule has 0 amide bonds. The highest BCUT2D eigenvalue weighted by Gasteiger charge is 2.40. The SMILES string of the molecule is C=CCOC[C@H](CC(=O)C(F)(F)F)c1ccc(C#N)cc1.C=CCOC[C@H](N)c1ccc(C#N)cc1.N#Cc1ccc([C@@H](N)CO)cc1.N#Cc1ccc([C@H](CO)CC(=O)C(F)(F)F)cc1. The van der Waals surface area contributed by atoms with Gasteiger partial charge in [0.15, 0.2) is 0 Å². The quantitative estimate of drug-likeness (QED) is 0.0424. The number of aliphatic hydroxyl groups is 2. The zero-order chi connectivity index (χ0) is 49.7. The molecule has 348 valence electrons. The van der Waals surface area contributed by atoms with Gasteiger partial charge in [0, 0.05) is 24.7 Å². The van der Waals surface area contributed by atoms with Gasteiger partial charge in [0.25, 0.3) is 0 Å². The van der Waals surface area contributed by atoms with Gasteiger partial charge in [0.05, 0.1) is 98.3 Å². The van der Waals surface area contributed by atoms with Crippen LogP contribution in [0, 0.1) is 45.3 Å². The first-order valence-electron chi connectivity index (χ1n) is 19.6.